The van der Waals surface area contributed by atoms with Gasteiger partial charge in [0.1, 0.15) is 23.1 Å². The molecule has 1 aliphatic heterocycles. The summed E-state index contributed by atoms with van der Waals surface area (Å²) in [6.07, 6.45) is 4.47. The summed E-state index contributed by atoms with van der Waals surface area (Å²) in [4.78, 5) is 28.8. The Bertz CT molecular complexity index is 1390. The number of aliphatic hydroxyl groups is 1. The maximum atomic E-state index is 14.2. The molecule has 0 atom stereocenters. The van der Waals surface area contributed by atoms with Crippen LogP contribution in [0.3, 0.4) is 0 Å². The number of hydrogen-bond donors (Lipinski definition) is 1. The Morgan fingerprint density at radius 2 is 1.85 bits per heavy atom. The minimum absolute atomic E-state index is 0.0156. The van der Waals surface area contributed by atoms with Crippen LogP contribution in [0.4, 0.5) is 8.78 Å². The highest BCUT2D eigenvalue weighted by atomic mass is 35.5. The molecule has 0 unspecified atom stereocenters. The van der Waals surface area contributed by atoms with Crippen molar-refractivity contribution in [3.8, 4) is 11.3 Å². The van der Waals surface area contributed by atoms with Gasteiger partial charge in [-0.2, -0.15) is 0 Å². The molecule has 1 saturated heterocycles. The molecule has 5 rings (SSSR count). The lowest BCUT2D eigenvalue weighted by Crippen LogP contribution is -2.62. The van der Waals surface area contributed by atoms with Crippen LogP contribution in [0.1, 0.15) is 67.9 Å². The van der Waals surface area contributed by atoms with E-state index in [1.54, 1.807) is 6.07 Å². The van der Waals surface area contributed by atoms with Gasteiger partial charge in [0.15, 0.2) is 11.5 Å². The van der Waals surface area contributed by atoms with Gasteiger partial charge in [0.05, 0.1) is 11.2 Å². The number of rotatable bonds is 10. The summed E-state index contributed by atoms with van der Waals surface area (Å²) in [5.41, 5.74) is -0.126. The molecule has 1 aliphatic carbocycles. The van der Waals surface area contributed by atoms with Crippen LogP contribution in [-0.2, 0) is 11.2 Å². The Labute approximate surface area is 237 Å². The normalized spacial score (nSPS) is 22.6. The van der Waals surface area contributed by atoms with E-state index in [0.29, 0.717) is 37.0 Å². The van der Waals surface area contributed by atoms with Gasteiger partial charge in [-0.25, -0.2) is 8.78 Å². The average Bonchev–Trinajstić information content (AvgIpc) is 3.36. The summed E-state index contributed by atoms with van der Waals surface area (Å²) in [7, 11) is 0. The van der Waals surface area contributed by atoms with Crippen molar-refractivity contribution in [2.75, 3.05) is 13.1 Å². The standard InChI is InChI=1S/C31H33ClF2N2O4/c1-30(39)11-9-23(10-12-30)36-18-31(19-36,16-24(37)7-5-20-3-2-4-21(32)13-20)17-28(38)27-15-29(40-35-27)25-8-6-22(33)14-26(25)34/h2-4,6,8,13-15,23,39H,5,7,9-12,16-19H2,1H3. The number of nitrogens with zero attached hydrogens (tertiary/aromatic N) is 2. The Hall–Kier alpha value is -2.94. The number of aryl methyl sites for hydroxylation is 1. The van der Waals surface area contributed by atoms with Gasteiger partial charge in [-0.05, 0) is 68.9 Å². The highest BCUT2D eigenvalue weighted by molar-refractivity contribution is 6.30. The quantitative estimate of drug-likeness (QED) is 0.283. The van der Waals surface area contributed by atoms with Gasteiger partial charge in [-0.3, -0.25) is 14.5 Å². The molecule has 0 spiro atoms. The third kappa shape index (κ3) is 6.67. The summed E-state index contributed by atoms with van der Waals surface area (Å²) < 4.78 is 32.8. The van der Waals surface area contributed by atoms with Crippen molar-refractivity contribution >= 4 is 23.2 Å². The minimum atomic E-state index is -0.807. The Kier molecular flexibility index (Phi) is 8.22. The van der Waals surface area contributed by atoms with Gasteiger partial charge >= 0.3 is 0 Å². The summed E-state index contributed by atoms with van der Waals surface area (Å²) in [6.45, 7) is 3.07. The highest BCUT2D eigenvalue weighted by Gasteiger charge is 2.49. The van der Waals surface area contributed by atoms with E-state index in [4.69, 9.17) is 16.1 Å². The van der Waals surface area contributed by atoms with E-state index >= 15 is 0 Å². The largest absolute Gasteiger partial charge is 0.390 e. The van der Waals surface area contributed by atoms with E-state index in [-0.39, 0.29) is 41.4 Å². The molecule has 1 saturated carbocycles. The molecule has 6 nitrogen and oxygen atoms in total. The Balaban J connectivity index is 1.27. The van der Waals surface area contributed by atoms with Gasteiger partial charge in [-0.15, -0.1) is 0 Å². The van der Waals surface area contributed by atoms with E-state index < -0.39 is 22.7 Å². The lowest BCUT2D eigenvalue weighted by atomic mass is 9.69. The zero-order chi connectivity index (χ0) is 28.5. The number of hydrogen-bond acceptors (Lipinski definition) is 6. The molecule has 212 valence electrons. The molecule has 2 heterocycles. The van der Waals surface area contributed by atoms with Crippen molar-refractivity contribution < 1.29 is 28.0 Å². The number of benzene rings is 2. The van der Waals surface area contributed by atoms with Crippen LogP contribution in [0.15, 0.2) is 53.1 Å². The van der Waals surface area contributed by atoms with Gasteiger partial charge in [0, 0.05) is 61.0 Å². The van der Waals surface area contributed by atoms with E-state index in [1.165, 1.54) is 12.1 Å². The zero-order valence-corrected chi connectivity index (χ0v) is 23.2. The van der Waals surface area contributed by atoms with Crippen molar-refractivity contribution in [1.82, 2.24) is 10.1 Å². The Morgan fingerprint density at radius 1 is 1.10 bits per heavy atom. The lowest BCUT2D eigenvalue weighted by Gasteiger charge is -2.54. The fourth-order valence-corrected chi connectivity index (χ4v) is 6.30. The van der Waals surface area contributed by atoms with Crippen molar-refractivity contribution in [2.24, 2.45) is 5.41 Å². The van der Waals surface area contributed by atoms with Crippen LogP contribution in [0.5, 0.6) is 0 Å². The third-order valence-electron chi connectivity index (χ3n) is 8.31. The minimum Gasteiger partial charge on any atom is -0.390 e. The van der Waals surface area contributed by atoms with Crippen LogP contribution in [-0.4, -0.2) is 51.5 Å². The first-order valence-corrected chi connectivity index (χ1v) is 14.1. The first kappa shape index (κ1) is 28.6. The molecule has 9 heteroatoms. The van der Waals surface area contributed by atoms with Gasteiger partial charge in [-0.1, -0.05) is 28.9 Å². The monoisotopic (exact) mass is 570 g/mol. The molecule has 0 amide bonds. The topological polar surface area (TPSA) is 83.6 Å². The predicted molar refractivity (Wildman–Crippen MR) is 147 cm³/mol. The van der Waals surface area contributed by atoms with E-state index in [9.17, 15) is 23.5 Å². The van der Waals surface area contributed by atoms with Crippen LogP contribution < -0.4 is 0 Å². The fraction of sp³-hybridized carbons (Fsp3) is 0.452. The van der Waals surface area contributed by atoms with Crippen molar-refractivity contribution in [2.45, 2.75) is 69.9 Å². The molecular formula is C31H33ClF2N2O4. The van der Waals surface area contributed by atoms with Gasteiger partial charge < -0.3 is 9.63 Å². The molecule has 0 bridgehead atoms. The zero-order valence-electron chi connectivity index (χ0n) is 22.5. The second kappa shape index (κ2) is 11.5. The molecule has 0 radical (unpaired) electrons. The molecule has 40 heavy (non-hydrogen) atoms. The maximum Gasteiger partial charge on any atom is 0.185 e. The first-order valence-electron chi connectivity index (χ1n) is 13.7. The summed E-state index contributed by atoms with van der Waals surface area (Å²) in [5, 5.41) is 14.8. The third-order valence-corrected chi connectivity index (χ3v) is 8.54. The number of likely N-dealkylation sites (tertiary alicyclic amines) is 1. The van der Waals surface area contributed by atoms with Crippen molar-refractivity contribution in [3.05, 3.63) is 76.4 Å². The molecule has 2 aliphatic rings. The van der Waals surface area contributed by atoms with E-state index in [0.717, 1.165) is 43.4 Å². The molecule has 1 N–H and O–H groups in total. The molecule has 3 aromatic rings. The number of carbonyl (C=O) groups is 2. The van der Waals surface area contributed by atoms with Crippen LogP contribution in [0.25, 0.3) is 11.3 Å². The summed E-state index contributed by atoms with van der Waals surface area (Å²) >= 11 is 6.08. The predicted octanol–water partition coefficient (Wildman–Crippen LogP) is 6.43. The average molecular weight is 571 g/mol. The molecule has 1 aromatic heterocycles. The van der Waals surface area contributed by atoms with Crippen LogP contribution >= 0.6 is 11.6 Å². The molecular weight excluding hydrogens is 538 g/mol. The molecule has 2 aromatic carbocycles. The fourth-order valence-electron chi connectivity index (χ4n) is 6.09. The first-order chi connectivity index (χ1) is 19.0. The maximum absolute atomic E-state index is 14.2. The lowest BCUT2D eigenvalue weighted by molar-refractivity contribution is -0.127. The SMILES string of the molecule is CC1(O)CCC(N2CC(CC(=O)CCc3cccc(Cl)c3)(CC(=O)c3cc(-c4ccc(F)cc4F)on3)C2)CC1. The number of halogens is 3. The van der Waals surface area contributed by atoms with Gasteiger partial charge in [0.2, 0.25) is 0 Å². The highest BCUT2D eigenvalue weighted by Crippen LogP contribution is 2.43. The smallest absolute Gasteiger partial charge is 0.185 e. The van der Waals surface area contributed by atoms with Gasteiger partial charge in [0.25, 0.3) is 0 Å². The number of carbonyl (C=O) groups excluding carboxylic acids is 2. The van der Waals surface area contributed by atoms with Crippen molar-refractivity contribution in [1.29, 1.82) is 0 Å². The second-order valence-corrected chi connectivity index (χ2v) is 12.2. The van der Waals surface area contributed by atoms with Crippen molar-refractivity contribution in [3.63, 3.8) is 0 Å². The molecule has 2 fully saturated rings. The Morgan fingerprint density at radius 3 is 2.55 bits per heavy atom. The number of ketones is 2. The van der Waals surface area contributed by atoms with Crippen LogP contribution in [0.2, 0.25) is 5.02 Å². The van der Waals surface area contributed by atoms with E-state index in [2.05, 4.69) is 10.1 Å². The second-order valence-electron chi connectivity index (χ2n) is 11.8. The number of aromatic nitrogens is 1. The van der Waals surface area contributed by atoms with E-state index in [1.807, 2.05) is 25.1 Å². The summed E-state index contributed by atoms with van der Waals surface area (Å²) in [5.74, 6) is -1.69. The number of Topliss-reactive ketones (excluding diaryl/α,β-unsaturated/α-hetero) is 2. The van der Waals surface area contributed by atoms with Crippen LogP contribution in [0, 0.1) is 17.0 Å². The summed E-state index contributed by atoms with van der Waals surface area (Å²) in [6, 6.07) is 12.2.